The molecule has 1 aliphatic rings. The van der Waals surface area contributed by atoms with E-state index < -0.39 is 35.9 Å². The number of likely N-dealkylation sites (N-methyl/N-ethyl adjacent to an activating group) is 1. The topological polar surface area (TPSA) is 59.0 Å². The second-order valence-corrected chi connectivity index (χ2v) is 5.78. The van der Waals surface area contributed by atoms with Gasteiger partial charge in [-0.1, -0.05) is 12.1 Å². The average Bonchev–Trinajstić information content (AvgIpc) is 2.59. The zero-order valence-electron chi connectivity index (χ0n) is 13.9. The van der Waals surface area contributed by atoms with E-state index >= 15 is 0 Å². The molecule has 0 spiro atoms. The van der Waals surface area contributed by atoms with Crippen LogP contribution in [0.2, 0.25) is 0 Å². The van der Waals surface area contributed by atoms with Gasteiger partial charge in [-0.25, -0.2) is 0 Å². The fraction of sp³-hybridized carbons (Fsp3) is 0.471. The summed E-state index contributed by atoms with van der Waals surface area (Å²) in [5, 5.41) is 10.2. The van der Waals surface area contributed by atoms with Crippen LogP contribution in [0.3, 0.4) is 0 Å². The molecule has 25 heavy (non-hydrogen) atoms. The van der Waals surface area contributed by atoms with Gasteiger partial charge in [0, 0.05) is 20.2 Å². The van der Waals surface area contributed by atoms with Crippen molar-refractivity contribution >= 4 is 12.0 Å². The lowest BCUT2D eigenvalue weighted by Crippen LogP contribution is -2.56. The Morgan fingerprint density at radius 3 is 2.76 bits per heavy atom. The number of amides is 1. The van der Waals surface area contributed by atoms with Gasteiger partial charge in [0.15, 0.2) is 0 Å². The lowest BCUT2D eigenvalue weighted by atomic mass is 10.0. The maximum Gasteiger partial charge on any atom is 0.416 e. The van der Waals surface area contributed by atoms with Crippen molar-refractivity contribution in [3.05, 3.63) is 41.5 Å². The van der Waals surface area contributed by atoms with Crippen molar-refractivity contribution in [3.63, 3.8) is 0 Å². The zero-order valence-corrected chi connectivity index (χ0v) is 13.9. The van der Waals surface area contributed by atoms with Gasteiger partial charge in [-0.05, 0) is 23.8 Å². The number of hydrogen-bond acceptors (Lipinski definition) is 4. The van der Waals surface area contributed by atoms with E-state index in [2.05, 4.69) is 0 Å². The Balaban J connectivity index is 2.07. The summed E-state index contributed by atoms with van der Waals surface area (Å²) in [6.45, 7) is 0.386. The van der Waals surface area contributed by atoms with E-state index in [1.165, 1.54) is 43.3 Å². The summed E-state index contributed by atoms with van der Waals surface area (Å²) in [7, 11) is 2.93. The van der Waals surface area contributed by atoms with Crippen LogP contribution < -0.4 is 0 Å². The van der Waals surface area contributed by atoms with E-state index in [0.29, 0.717) is 0 Å². The number of alkyl halides is 3. The number of ether oxygens (including phenoxy) is 2. The fourth-order valence-electron chi connectivity index (χ4n) is 2.57. The van der Waals surface area contributed by atoms with E-state index in [-0.39, 0.29) is 18.8 Å². The molecule has 1 fully saturated rings. The first-order chi connectivity index (χ1) is 11.7. The number of aliphatic hydroxyl groups excluding tert-OH is 1. The molecule has 0 radical (unpaired) electrons. The molecule has 0 bridgehead atoms. The van der Waals surface area contributed by atoms with Crippen LogP contribution in [0, 0.1) is 0 Å². The molecule has 1 aromatic carbocycles. The molecule has 0 unspecified atom stereocenters. The maximum absolute atomic E-state index is 12.7. The quantitative estimate of drug-likeness (QED) is 0.835. The van der Waals surface area contributed by atoms with Crippen molar-refractivity contribution in [1.29, 1.82) is 0 Å². The van der Waals surface area contributed by atoms with Crippen LogP contribution in [0.4, 0.5) is 13.2 Å². The summed E-state index contributed by atoms with van der Waals surface area (Å²) >= 11 is 0. The highest BCUT2D eigenvalue weighted by atomic mass is 19.4. The highest BCUT2D eigenvalue weighted by Gasteiger charge is 2.36. The molecular formula is C17H20F3NO4. The SMILES string of the molecule is CO[C@@H]1COC[C@@H](N(C)C(=O)/C=C/c2cccc(C(F)(F)F)c2)[C@@H]1O. The van der Waals surface area contributed by atoms with E-state index in [1.807, 2.05) is 0 Å². The molecule has 1 aliphatic heterocycles. The van der Waals surface area contributed by atoms with Gasteiger partial charge in [-0.15, -0.1) is 0 Å². The van der Waals surface area contributed by atoms with E-state index in [9.17, 15) is 23.1 Å². The highest BCUT2D eigenvalue weighted by Crippen LogP contribution is 2.29. The fourth-order valence-corrected chi connectivity index (χ4v) is 2.57. The van der Waals surface area contributed by atoms with Gasteiger partial charge in [0.25, 0.3) is 0 Å². The molecule has 3 atom stereocenters. The summed E-state index contributed by atoms with van der Waals surface area (Å²) < 4.78 is 48.5. The predicted molar refractivity (Wildman–Crippen MR) is 84.7 cm³/mol. The molecule has 5 nitrogen and oxygen atoms in total. The Kier molecular flexibility index (Phi) is 6.21. The highest BCUT2D eigenvalue weighted by molar-refractivity contribution is 5.91. The summed E-state index contributed by atoms with van der Waals surface area (Å²) in [6, 6.07) is 4.07. The number of carbonyl (C=O) groups excluding carboxylic acids is 1. The van der Waals surface area contributed by atoms with Crippen LogP contribution in [0.15, 0.2) is 30.3 Å². The minimum Gasteiger partial charge on any atom is -0.388 e. The van der Waals surface area contributed by atoms with E-state index in [4.69, 9.17) is 9.47 Å². The monoisotopic (exact) mass is 359 g/mol. The number of nitrogens with zero attached hydrogens (tertiary/aromatic N) is 1. The summed E-state index contributed by atoms with van der Waals surface area (Å²) in [6.07, 6.45) is -3.42. The Morgan fingerprint density at radius 1 is 1.40 bits per heavy atom. The molecular weight excluding hydrogens is 339 g/mol. The van der Waals surface area contributed by atoms with Gasteiger partial charge in [-0.2, -0.15) is 13.2 Å². The van der Waals surface area contributed by atoms with Crippen LogP contribution in [0.5, 0.6) is 0 Å². The molecule has 8 heteroatoms. The minimum atomic E-state index is -4.44. The summed E-state index contributed by atoms with van der Waals surface area (Å²) in [4.78, 5) is 13.5. The standard InChI is InChI=1S/C17H20F3NO4/c1-21(13-9-25-10-14(24-2)16(13)23)15(22)7-6-11-4-3-5-12(8-11)17(18,19)20/h3-8,13-14,16,23H,9-10H2,1-2H3/b7-6+/t13-,14-,16+/m1/s1. The van der Waals surface area contributed by atoms with Gasteiger partial charge >= 0.3 is 6.18 Å². The normalized spacial score (nSPS) is 24.5. The van der Waals surface area contributed by atoms with Crippen molar-refractivity contribution in [2.45, 2.75) is 24.4 Å². The third kappa shape index (κ3) is 4.81. The summed E-state index contributed by atoms with van der Waals surface area (Å²) in [5.41, 5.74) is -0.527. The van der Waals surface area contributed by atoms with Gasteiger partial charge in [0.2, 0.25) is 5.91 Å². The number of methoxy groups -OCH3 is 1. The second kappa shape index (κ2) is 7.99. The number of hydrogen-bond donors (Lipinski definition) is 1. The van der Waals surface area contributed by atoms with Crippen LogP contribution >= 0.6 is 0 Å². The Labute approximate surface area is 143 Å². The van der Waals surface area contributed by atoms with Crippen molar-refractivity contribution in [2.24, 2.45) is 0 Å². The van der Waals surface area contributed by atoms with E-state index in [1.54, 1.807) is 0 Å². The largest absolute Gasteiger partial charge is 0.416 e. The zero-order chi connectivity index (χ0) is 18.6. The first-order valence-corrected chi connectivity index (χ1v) is 7.64. The van der Waals surface area contributed by atoms with Crippen molar-refractivity contribution < 1.29 is 32.5 Å². The molecule has 1 heterocycles. The number of rotatable bonds is 4. The molecule has 0 aliphatic carbocycles. The molecule has 1 N–H and O–H groups in total. The average molecular weight is 359 g/mol. The molecule has 2 rings (SSSR count). The van der Waals surface area contributed by atoms with Gasteiger partial charge in [-0.3, -0.25) is 4.79 Å². The van der Waals surface area contributed by atoms with Crippen LogP contribution in [0.25, 0.3) is 6.08 Å². The van der Waals surface area contributed by atoms with Gasteiger partial charge in [0.05, 0.1) is 24.8 Å². The number of carbonyl (C=O) groups is 1. The number of aliphatic hydroxyl groups is 1. The lowest BCUT2D eigenvalue weighted by Gasteiger charge is -2.38. The smallest absolute Gasteiger partial charge is 0.388 e. The van der Waals surface area contributed by atoms with Gasteiger partial charge < -0.3 is 19.5 Å². The van der Waals surface area contributed by atoms with Crippen molar-refractivity contribution in [3.8, 4) is 0 Å². The molecule has 1 saturated heterocycles. The van der Waals surface area contributed by atoms with E-state index in [0.717, 1.165) is 12.1 Å². The molecule has 1 aromatic rings. The minimum absolute atomic E-state index is 0.153. The van der Waals surface area contributed by atoms with Crippen molar-refractivity contribution in [1.82, 2.24) is 4.90 Å². The Morgan fingerprint density at radius 2 is 2.12 bits per heavy atom. The van der Waals surface area contributed by atoms with Crippen molar-refractivity contribution in [2.75, 3.05) is 27.4 Å². The molecule has 138 valence electrons. The maximum atomic E-state index is 12.7. The lowest BCUT2D eigenvalue weighted by molar-refractivity contribution is -0.154. The Hall–Kier alpha value is -1.90. The first-order valence-electron chi connectivity index (χ1n) is 7.64. The molecule has 0 saturated carbocycles. The van der Waals surface area contributed by atoms with Crippen LogP contribution in [-0.4, -0.2) is 61.5 Å². The Bertz CT molecular complexity index is 633. The van der Waals surface area contributed by atoms with Crippen LogP contribution in [-0.2, 0) is 20.4 Å². The molecule has 1 amide bonds. The number of benzene rings is 1. The van der Waals surface area contributed by atoms with Gasteiger partial charge in [0.1, 0.15) is 12.2 Å². The second-order valence-electron chi connectivity index (χ2n) is 5.78. The predicted octanol–water partition coefficient (Wildman–Crippen LogP) is 1.95. The van der Waals surface area contributed by atoms with Crippen LogP contribution in [0.1, 0.15) is 11.1 Å². The number of halogens is 3. The third-order valence-corrected chi connectivity index (χ3v) is 4.13. The third-order valence-electron chi connectivity index (χ3n) is 4.13. The molecule has 0 aromatic heterocycles. The first kappa shape index (κ1) is 19.4. The summed E-state index contributed by atoms with van der Waals surface area (Å²) in [5.74, 6) is -0.457.